The molecule has 90 valence electrons. The third kappa shape index (κ3) is 4.06. The van der Waals surface area contributed by atoms with Gasteiger partial charge in [-0.25, -0.2) is 4.79 Å². The zero-order valence-electron chi connectivity index (χ0n) is 9.77. The van der Waals surface area contributed by atoms with Gasteiger partial charge in [0.1, 0.15) is 0 Å². The summed E-state index contributed by atoms with van der Waals surface area (Å²) in [6, 6.07) is 7.38. The van der Waals surface area contributed by atoms with Crippen LogP contribution in [0.4, 0.5) is 5.69 Å². The molecule has 0 aliphatic carbocycles. The minimum Gasteiger partial charge on any atom is -0.461 e. The van der Waals surface area contributed by atoms with Crippen LogP contribution in [-0.2, 0) is 14.3 Å². The molecule has 1 N–H and O–H groups in total. The minimum atomic E-state index is -0.734. The van der Waals surface area contributed by atoms with E-state index in [2.05, 4.69) is 15.3 Å². The van der Waals surface area contributed by atoms with Crippen molar-refractivity contribution in [2.45, 2.75) is 13.8 Å². The molecule has 0 fully saturated rings. The third-order valence-electron chi connectivity index (χ3n) is 1.95. The molecule has 0 atom stereocenters. The summed E-state index contributed by atoms with van der Waals surface area (Å²) in [4.78, 5) is 21.9. The average molecular weight is 234 g/mol. The van der Waals surface area contributed by atoms with E-state index in [1.165, 1.54) is 0 Å². The first-order valence-electron chi connectivity index (χ1n) is 5.20. The van der Waals surface area contributed by atoms with Gasteiger partial charge in [-0.05, 0) is 26.0 Å². The van der Waals surface area contributed by atoms with Crippen LogP contribution in [-0.4, -0.2) is 24.6 Å². The van der Waals surface area contributed by atoms with Crippen molar-refractivity contribution in [1.82, 2.24) is 0 Å². The number of esters is 1. The molecule has 0 bridgehead atoms. The summed E-state index contributed by atoms with van der Waals surface area (Å²) in [5.41, 5.74) is 4.14. The molecule has 0 saturated carbocycles. The monoisotopic (exact) mass is 234 g/mol. The number of nitrogens with zero attached hydrogens (tertiary/aromatic N) is 1. The van der Waals surface area contributed by atoms with Crippen LogP contribution >= 0.6 is 0 Å². The summed E-state index contributed by atoms with van der Waals surface area (Å²) >= 11 is 0. The summed E-state index contributed by atoms with van der Waals surface area (Å²) in [5, 5.41) is 3.68. The molecule has 0 aliphatic rings. The highest BCUT2D eigenvalue weighted by molar-refractivity contribution is 6.58. The summed E-state index contributed by atoms with van der Waals surface area (Å²) in [5.74, 6) is -0.734. The van der Waals surface area contributed by atoms with Crippen LogP contribution in [0, 0.1) is 6.92 Å². The maximum absolute atomic E-state index is 11.2. The van der Waals surface area contributed by atoms with E-state index in [0.29, 0.717) is 12.0 Å². The maximum Gasteiger partial charge on any atom is 0.362 e. The second kappa shape index (κ2) is 6.42. The highest BCUT2D eigenvalue weighted by Gasteiger charge is 2.11. The topological polar surface area (TPSA) is 67.8 Å². The van der Waals surface area contributed by atoms with E-state index >= 15 is 0 Å². The van der Waals surface area contributed by atoms with Gasteiger partial charge in [0.15, 0.2) is 6.29 Å². The first-order valence-corrected chi connectivity index (χ1v) is 5.20. The van der Waals surface area contributed by atoms with Crippen LogP contribution in [0.1, 0.15) is 12.5 Å². The average Bonchev–Trinajstić information content (AvgIpc) is 2.32. The Morgan fingerprint density at radius 1 is 1.41 bits per heavy atom. The highest BCUT2D eigenvalue weighted by Crippen LogP contribution is 2.08. The van der Waals surface area contributed by atoms with Crippen LogP contribution in [0.5, 0.6) is 0 Å². The number of carbonyl (C=O) groups is 2. The second-order valence-electron chi connectivity index (χ2n) is 3.31. The summed E-state index contributed by atoms with van der Waals surface area (Å²) < 4.78 is 4.66. The Balaban J connectivity index is 2.70. The van der Waals surface area contributed by atoms with Crippen LogP contribution in [0.3, 0.4) is 0 Å². The number of ether oxygens (including phenoxy) is 1. The number of anilines is 1. The molecule has 0 radical (unpaired) electrons. The predicted molar refractivity (Wildman–Crippen MR) is 64.9 cm³/mol. The van der Waals surface area contributed by atoms with Crippen molar-refractivity contribution in [2.75, 3.05) is 12.0 Å². The van der Waals surface area contributed by atoms with Crippen LogP contribution < -0.4 is 5.43 Å². The van der Waals surface area contributed by atoms with Gasteiger partial charge in [-0.1, -0.05) is 17.7 Å². The number of carbonyl (C=O) groups excluding carboxylic acids is 2. The number of nitrogens with one attached hydrogen (secondary N) is 1. The molecule has 1 rings (SSSR count). The molecule has 0 heterocycles. The zero-order chi connectivity index (χ0) is 12.7. The van der Waals surface area contributed by atoms with Crippen molar-refractivity contribution in [3.8, 4) is 0 Å². The highest BCUT2D eigenvalue weighted by atomic mass is 16.5. The number of benzene rings is 1. The van der Waals surface area contributed by atoms with Gasteiger partial charge in [0.2, 0.25) is 5.71 Å². The molecule has 0 spiro atoms. The van der Waals surface area contributed by atoms with E-state index in [-0.39, 0.29) is 12.3 Å². The lowest BCUT2D eigenvalue weighted by Crippen LogP contribution is -2.20. The number of hydrazone groups is 1. The fraction of sp³-hybridized carbons (Fsp3) is 0.250. The van der Waals surface area contributed by atoms with E-state index in [4.69, 9.17) is 0 Å². The molecule has 1 aromatic carbocycles. The Kier molecular flexibility index (Phi) is 4.87. The quantitative estimate of drug-likeness (QED) is 0.276. The third-order valence-corrected chi connectivity index (χ3v) is 1.95. The molecule has 0 amide bonds. The van der Waals surface area contributed by atoms with Crippen LogP contribution in [0.15, 0.2) is 29.4 Å². The molecular formula is C12H14N2O3. The number of rotatable bonds is 5. The van der Waals surface area contributed by atoms with Gasteiger partial charge in [0.05, 0.1) is 12.3 Å². The van der Waals surface area contributed by atoms with Gasteiger partial charge in [0, 0.05) is 0 Å². The molecule has 0 unspecified atom stereocenters. The van der Waals surface area contributed by atoms with Crippen LogP contribution in [0.2, 0.25) is 0 Å². The van der Waals surface area contributed by atoms with Crippen molar-refractivity contribution < 1.29 is 14.3 Å². The lowest BCUT2D eigenvalue weighted by atomic mass is 10.2. The van der Waals surface area contributed by atoms with Gasteiger partial charge in [-0.15, -0.1) is 0 Å². The SMILES string of the molecule is CCOC(=O)C(C=O)=NNc1ccc(C)cc1. The number of aryl methyl sites for hydroxylation is 1. The Hall–Kier alpha value is -2.17. The van der Waals surface area contributed by atoms with Crippen molar-refractivity contribution >= 4 is 23.7 Å². The van der Waals surface area contributed by atoms with E-state index in [1.54, 1.807) is 19.1 Å². The first-order chi connectivity index (χ1) is 8.17. The Morgan fingerprint density at radius 3 is 2.59 bits per heavy atom. The Labute approximate surface area is 99.5 Å². The summed E-state index contributed by atoms with van der Waals surface area (Å²) in [6.07, 6.45) is 0.360. The molecule has 5 heteroatoms. The molecule has 17 heavy (non-hydrogen) atoms. The van der Waals surface area contributed by atoms with Gasteiger partial charge in [-0.3, -0.25) is 10.2 Å². The second-order valence-corrected chi connectivity index (χ2v) is 3.31. The van der Waals surface area contributed by atoms with Crippen molar-refractivity contribution in [1.29, 1.82) is 0 Å². The van der Waals surface area contributed by atoms with Gasteiger partial charge in [0.25, 0.3) is 0 Å². The normalized spacial score (nSPS) is 10.8. The lowest BCUT2D eigenvalue weighted by molar-refractivity contribution is -0.135. The summed E-state index contributed by atoms with van der Waals surface area (Å²) in [6.45, 7) is 3.83. The van der Waals surface area contributed by atoms with Gasteiger partial charge < -0.3 is 4.74 Å². The fourth-order valence-corrected chi connectivity index (χ4v) is 1.08. The molecule has 0 aliphatic heterocycles. The van der Waals surface area contributed by atoms with Crippen LogP contribution in [0.25, 0.3) is 0 Å². The standard InChI is InChI=1S/C12H14N2O3/c1-3-17-12(16)11(8-15)14-13-10-6-4-9(2)5-7-10/h4-8,13H,3H2,1-2H3. The number of aldehydes is 1. The molecule has 0 aromatic heterocycles. The van der Waals surface area contributed by atoms with Crippen molar-refractivity contribution in [3.63, 3.8) is 0 Å². The summed E-state index contributed by atoms with van der Waals surface area (Å²) in [7, 11) is 0. The van der Waals surface area contributed by atoms with E-state index < -0.39 is 5.97 Å². The zero-order valence-corrected chi connectivity index (χ0v) is 9.77. The molecule has 1 aromatic rings. The lowest BCUT2D eigenvalue weighted by Gasteiger charge is -2.02. The van der Waals surface area contributed by atoms with E-state index in [0.717, 1.165) is 5.56 Å². The van der Waals surface area contributed by atoms with Crippen molar-refractivity contribution in [2.24, 2.45) is 5.10 Å². The number of hydrogen-bond acceptors (Lipinski definition) is 5. The maximum atomic E-state index is 11.2. The first kappa shape index (κ1) is 12.9. The Morgan fingerprint density at radius 2 is 2.06 bits per heavy atom. The van der Waals surface area contributed by atoms with Gasteiger partial charge >= 0.3 is 5.97 Å². The number of hydrogen-bond donors (Lipinski definition) is 1. The Bertz CT molecular complexity index is 424. The largest absolute Gasteiger partial charge is 0.461 e. The van der Waals surface area contributed by atoms with Crippen molar-refractivity contribution in [3.05, 3.63) is 29.8 Å². The smallest absolute Gasteiger partial charge is 0.362 e. The minimum absolute atomic E-state index is 0.205. The fourth-order valence-electron chi connectivity index (χ4n) is 1.08. The molecular weight excluding hydrogens is 220 g/mol. The predicted octanol–water partition coefficient (Wildman–Crippen LogP) is 1.52. The molecule has 0 saturated heterocycles. The van der Waals surface area contributed by atoms with E-state index in [1.807, 2.05) is 19.1 Å². The van der Waals surface area contributed by atoms with E-state index in [9.17, 15) is 9.59 Å². The molecule has 5 nitrogen and oxygen atoms in total. The van der Waals surface area contributed by atoms with Gasteiger partial charge in [-0.2, -0.15) is 5.10 Å².